The summed E-state index contributed by atoms with van der Waals surface area (Å²) in [4.78, 5) is 27.6. The van der Waals surface area contributed by atoms with Crippen molar-refractivity contribution in [2.75, 3.05) is 19.5 Å². The van der Waals surface area contributed by atoms with Gasteiger partial charge in [0.2, 0.25) is 0 Å². The molecule has 1 aliphatic heterocycles. The lowest BCUT2D eigenvalue weighted by Crippen LogP contribution is -2.30. The summed E-state index contributed by atoms with van der Waals surface area (Å²) in [5.74, 6) is 0.459. The number of thioether (sulfide) groups is 1. The first kappa shape index (κ1) is 19.2. The number of benzene rings is 2. The molecule has 2 aromatic rings. The van der Waals surface area contributed by atoms with Crippen molar-refractivity contribution in [3.8, 4) is 5.75 Å². The molecule has 0 saturated heterocycles. The number of carbonyl (C=O) groups is 2. The van der Waals surface area contributed by atoms with Crippen molar-refractivity contribution < 1.29 is 19.4 Å². The average molecular weight is 383 g/mol. The van der Waals surface area contributed by atoms with E-state index >= 15 is 0 Å². The van der Waals surface area contributed by atoms with Crippen LogP contribution >= 0.6 is 11.8 Å². The Morgan fingerprint density at radius 2 is 1.67 bits per heavy atom. The zero-order valence-corrected chi connectivity index (χ0v) is 16.1. The van der Waals surface area contributed by atoms with Crippen LogP contribution in [0.2, 0.25) is 0 Å². The van der Waals surface area contributed by atoms with E-state index in [-0.39, 0.29) is 25.0 Å². The van der Waals surface area contributed by atoms with Crippen molar-refractivity contribution in [3.05, 3.63) is 70.1 Å². The summed E-state index contributed by atoms with van der Waals surface area (Å²) in [6.45, 7) is 2.10. The molecule has 0 saturated carbocycles. The van der Waals surface area contributed by atoms with E-state index in [9.17, 15) is 9.59 Å². The fraction of sp³-hybridized carbons (Fsp3) is 0.238. The molecule has 3 rings (SSSR count). The van der Waals surface area contributed by atoms with Gasteiger partial charge in [-0.3, -0.25) is 14.5 Å². The van der Waals surface area contributed by atoms with Crippen LogP contribution in [0.3, 0.4) is 0 Å². The Hall–Kier alpha value is -2.57. The van der Waals surface area contributed by atoms with Crippen LogP contribution in [0, 0.1) is 6.92 Å². The Kier molecular flexibility index (Phi) is 5.98. The lowest BCUT2D eigenvalue weighted by atomic mass is 10.0. The molecule has 0 bridgehead atoms. The zero-order chi connectivity index (χ0) is 19.4. The number of nitrogens with zero attached hydrogens (tertiary/aromatic N) is 1. The van der Waals surface area contributed by atoms with Gasteiger partial charge in [-0.2, -0.15) is 0 Å². The molecule has 0 aliphatic carbocycles. The van der Waals surface area contributed by atoms with Gasteiger partial charge < -0.3 is 9.84 Å². The smallest absolute Gasteiger partial charge is 0.268 e. The summed E-state index contributed by atoms with van der Waals surface area (Å²) in [7, 11) is 1.59. The minimum Gasteiger partial charge on any atom is -0.497 e. The third kappa shape index (κ3) is 4.07. The highest BCUT2D eigenvalue weighted by atomic mass is 32.2. The first-order chi connectivity index (χ1) is 13.0. The molecule has 0 atom stereocenters. The lowest BCUT2D eigenvalue weighted by molar-refractivity contribution is -0.137. The summed E-state index contributed by atoms with van der Waals surface area (Å²) in [5, 5.41) is 9.16. The SMILES string of the molecule is COc1ccc(CN2C(=O)C(SCCO)=C(c3ccc(C)cc3)C2=O)cc1. The van der Waals surface area contributed by atoms with E-state index in [2.05, 4.69) is 0 Å². The van der Waals surface area contributed by atoms with Gasteiger partial charge in [-0.05, 0) is 30.2 Å². The van der Waals surface area contributed by atoms with Crippen molar-refractivity contribution in [2.24, 2.45) is 0 Å². The monoisotopic (exact) mass is 383 g/mol. The van der Waals surface area contributed by atoms with Gasteiger partial charge >= 0.3 is 0 Å². The maximum atomic E-state index is 13.0. The number of imide groups is 1. The molecule has 2 amide bonds. The van der Waals surface area contributed by atoms with Gasteiger partial charge in [0.25, 0.3) is 11.8 Å². The third-order valence-electron chi connectivity index (χ3n) is 4.30. The quantitative estimate of drug-likeness (QED) is 0.745. The van der Waals surface area contributed by atoms with Crippen LogP contribution in [-0.2, 0) is 16.1 Å². The van der Waals surface area contributed by atoms with Gasteiger partial charge in [-0.1, -0.05) is 42.0 Å². The van der Waals surface area contributed by atoms with Crippen LogP contribution < -0.4 is 4.74 Å². The molecule has 1 N–H and O–H groups in total. The number of amides is 2. The minimum absolute atomic E-state index is 0.0602. The lowest BCUT2D eigenvalue weighted by Gasteiger charge is -2.15. The molecule has 1 heterocycles. The number of aryl methyl sites for hydroxylation is 1. The molecule has 2 aromatic carbocycles. The van der Waals surface area contributed by atoms with Crippen LogP contribution in [0.1, 0.15) is 16.7 Å². The van der Waals surface area contributed by atoms with Gasteiger partial charge in [-0.25, -0.2) is 0 Å². The highest BCUT2D eigenvalue weighted by Gasteiger charge is 2.38. The second kappa shape index (κ2) is 8.41. The number of methoxy groups -OCH3 is 1. The van der Waals surface area contributed by atoms with Crippen LogP contribution in [0.5, 0.6) is 5.75 Å². The van der Waals surface area contributed by atoms with E-state index in [1.807, 2.05) is 43.3 Å². The number of hydrogen-bond donors (Lipinski definition) is 1. The van der Waals surface area contributed by atoms with Gasteiger partial charge in [0, 0.05) is 5.75 Å². The number of aliphatic hydroxyl groups excluding tert-OH is 1. The van der Waals surface area contributed by atoms with Crippen molar-refractivity contribution >= 4 is 29.1 Å². The molecular formula is C21H21NO4S. The first-order valence-corrected chi connectivity index (χ1v) is 9.57. The first-order valence-electron chi connectivity index (χ1n) is 8.59. The van der Waals surface area contributed by atoms with Gasteiger partial charge in [0.1, 0.15) is 5.75 Å². The van der Waals surface area contributed by atoms with Crippen LogP contribution in [0.4, 0.5) is 0 Å². The van der Waals surface area contributed by atoms with E-state index in [1.165, 1.54) is 16.7 Å². The standard InChI is InChI=1S/C21H21NO4S/c1-14-3-7-16(8-4-14)18-19(27-12-11-23)21(25)22(20(18)24)13-15-5-9-17(26-2)10-6-15/h3-10,23H,11-13H2,1-2H3. The highest BCUT2D eigenvalue weighted by Crippen LogP contribution is 2.36. The molecule has 0 aromatic heterocycles. The summed E-state index contributed by atoms with van der Waals surface area (Å²) in [6, 6.07) is 14.8. The average Bonchev–Trinajstić information content (AvgIpc) is 2.92. The number of ether oxygens (including phenoxy) is 1. The van der Waals surface area contributed by atoms with E-state index < -0.39 is 0 Å². The summed E-state index contributed by atoms with van der Waals surface area (Å²) < 4.78 is 5.14. The molecule has 27 heavy (non-hydrogen) atoms. The Labute approximate surface area is 162 Å². The Morgan fingerprint density at radius 1 is 1.00 bits per heavy atom. The van der Waals surface area contributed by atoms with Gasteiger partial charge in [0.15, 0.2) is 0 Å². The van der Waals surface area contributed by atoms with E-state index in [0.717, 1.165) is 22.4 Å². The second-order valence-electron chi connectivity index (χ2n) is 6.19. The molecule has 6 heteroatoms. The third-order valence-corrected chi connectivity index (χ3v) is 5.36. The van der Waals surface area contributed by atoms with Crippen LogP contribution in [0.25, 0.3) is 5.57 Å². The fourth-order valence-corrected chi connectivity index (χ4v) is 3.75. The molecule has 0 unspecified atom stereocenters. The zero-order valence-electron chi connectivity index (χ0n) is 15.3. The van der Waals surface area contributed by atoms with Crippen molar-refractivity contribution in [2.45, 2.75) is 13.5 Å². The molecule has 0 spiro atoms. The summed E-state index contributed by atoms with van der Waals surface area (Å²) >= 11 is 1.22. The molecule has 1 aliphatic rings. The molecule has 0 fully saturated rings. The summed E-state index contributed by atoms with van der Waals surface area (Å²) in [5.41, 5.74) is 3.05. The predicted octanol–water partition coefficient (Wildman–Crippen LogP) is 3.01. The van der Waals surface area contributed by atoms with E-state index in [4.69, 9.17) is 9.84 Å². The van der Waals surface area contributed by atoms with Gasteiger partial charge in [-0.15, -0.1) is 11.8 Å². The molecular weight excluding hydrogens is 362 g/mol. The number of hydrogen-bond acceptors (Lipinski definition) is 5. The Morgan fingerprint density at radius 3 is 2.26 bits per heavy atom. The number of rotatable bonds is 7. The normalized spacial score (nSPS) is 14.3. The topological polar surface area (TPSA) is 66.8 Å². The highest BCUT2D eigenvalue weighted by molar-refractivity contribution is 8.04. The Bertz CT molecular complexity index is 872. The molecule has 0 radical (unpaired) electrons. The summed E-state index contributed by atoms with van der Waals surface area (Å²) in [6.07, 6.45) is 0. The number of carbonyl (C=O) groups excluding carboxylic acids is 2. The number of aliphatic hydroxyl groups is 1. The van der Waals surface area contributed by atoms with Crippen molar-refractivity contribution in [1.29, 1.82) is 0 Å². The minimum atomic E-state index is -0.315. The fourth-order valence-electron chi connectivity index (χ4n) is 2.87. The Balaban J connectivity index is 1.91. The van der Waals surface area contributed by atoms with Gasteiger partial charge in [0.05, 0.1) is 30.7 Å². The maximum Gasteiger partial charge on any atom is 0.268 e. The molecule has 140 valence electrons. The van der Waals surface area contributed by atoms with E-state index in [1.54, 1.807) is 19.2 Å². The maximum absolute atomic E-state index is 13.0. The predicted molar refractivity (Wildman–Crippen MR) is 106 cm³/mol. The van der Waals surface area contributed by atoms with Crippen LogP contribution in [0.15, 0.2) is 53.4 Å². The largest absolute Gasteiger partial charge is 0.497 e. The van der Waals surface area contributed by atoms with Crippen molar-refractivity contribution in [1.82, 2.24) is 4.90 Å². The van der Waals surface area contributed by atoms with Crippen LogP contribution in [-0.4, -0.2) is 41.3 Å². The van der Waals surface area contributed by atoms with E-state index in [0.29, 0.717) is 16.2 Å². The van der Waals surface area contributed by atoms with Crippen molar-refractivity contribution in [3.63, 3.8) is 0 Å². The second-order valence-corrected chi connectivity index (χ2v) is 7.29. The molecule has 5 nitrogen and oxygen atoms in total.